The van der Waals surface area contributed by atoms with Gasteiger partial charge in [0.1, 0.15) is 10.6 Å². The average molecular weight is 453 g/mol. The second-order valence-electron chi connectivity index (χ2n) is 7.00. The van der Waals surface area contributed by atoms with Gasteiger partial charge in [-0.15, -0.1) is 0 Å². The van der Waals surface area contributed by atoms with E-state index in [-0.39, 0.29) is 40.5 Å². The van der Waals surface area contributed by atoms with Gasteiger partial charge in [0.25, 0.3) is 5.91 Å². The fraction of sp³-hybridized carbons (Fsp3) is 0.381. The Bertz CT molecular complexity index is 1020. The average Bonchev–Trinajstić information content (AvgIpc) is 2.78. The summed E-state index contributed by atoms with van der Waals surface area (Å²) in [6, 6.07) is 11.5. The number of nitrogens with zero attached hydrogens (tertiary/aromatic N) is 2. The monoisotopic (exact) mass is 452 g/mol. The summed E-state index contributed by atoms with van der Waals surface area (Å²) in [6.07, 6.45) is 0. The summed E-state index contributed by atoms with van der Waals surface area (Å²) in [5, 5.41) is 0.0819. The van der Waals surface area contributed by atoms with E-state index >= 15 is 0 Å². The standard InChI is InChI=1S/C21H25ClN2O5S/c1-15(17-6-4-5-7-19(17)28-3)23(2)21(25)16-8-9-18(22)20(14-16)30(26,27)24-10-12-29-13-11-24/h4-9,14-15H,10-13H2,1-3H3/t15-/m0/s1. The summed E-state index contributed by atoms with van der Waals surface area (Å²) >= 11 is 6.20. The number of morpholine rings is 1. The number of benzene rings is 2. The summed E-state index contributed by atoms with van der Waals surface area (Å²) in [4.78, 5) is 14.6. The van der Waals surface area contributed by atoms with E-state index in [4.69, 9.17) is 21.1 Å². The molecule has 1 aliphatic heterocycles. The number of hydrogen-bond donors (Lipinski definition) is 0. The van der Waals surface area contributed by atoms with E-state index in [9.17, 15) is 13.2 Å². The molecular weight excluding hydrogens is 428 g/mol. The largest absolute Gasteiger partial charge is 0.496 e. The minimum Gasteiger partial charge on any atom is -0.496 e. The molecule has 1 amide bonds. The van der Waals surface area contributed by atoms with Gasteiger partial charge in [0.2, 0.25) is 10.0 Å². The maximum Gasteiger partial charge on any atom is 0.254 e. The van der Waals surface area contributed by atoms with Crippen molar-refractivity contribution in [2.45, 2.75) is 17.9 Å². The number of carbonyl (C=O) groups is 1. The Kier molecular flexibility index (Phi) is 7.02. The third-order valence-corrected chi connectivity index (χ3v) is 7.64. The minimum absolute atomic E-state index is 0.0738. The first-order valence-corrected chi connectivity index (χ1v) is 11.4. The zero-order chi connectivity index (χ0) is 21.9. The summed E-state index contributed by atoms with van der Waals surface area (Å²) < 4.78 is 38.0. The molecule has 0 N–H and O–H groups in total. The molecule has 9 heteroatoms. The molecule has 1 saturated heterocycles. The molecule has 7 nitrogen and oxygen atoms in total. The predicted octanol–water partition coefficient (Wildman–Crippen LogP) is 3.20. The number of para-hydroxylation sites is 1. The molecule has 0 saturated carbocycles. The van der Waals surface area contributed by atoms with Crippen LogP contribution in [0, 0.1) is 0 Å². The SMILES string of the molecule is COc1ccccc1[C@H](C)N(C)C(=O)c1ccc(Cl)c(S(=O)(=O)N2CCOCC2)c1. The van der Waals surface area contributed by atoms with Crippen molar-refractivity contribution in [3.63, 3.8) is 0 Å². The van der Waals surface area contributed by atoms with Crippen molar-refractivity contribution >= 4 is 27.5 Å². The van der Waals surface area contributed by atoms with Crippen LogP contribution in [-0.2, 0) is 14.8 Å². The normalized spacial score (nSPS) is 16.1. The van der Waals surface area contributed by atoms with Crippen LogP contribution >= 0.6 is 11.6 Å². The van der Waals surface area contributed by atoms with Crippen molar-refractivity contribution in [2.75, 3.05) is 40.5 Å². The smallest absolute Gasteiger partial charge is 0.254 e. The van der Waals surface area contributed by atoms with E-state index in [0.717, 1.165) is 5.56 Å². The Labute approximate surface area is 182 Å². The molecule has 1 aliphatic rings. The van der Waals surface area contributed by atoms with Crippen molar-refractivity contribution in [3.8, 4) is 5.75 Å². The van der Waals surface area contributed by atoms with E-state index in [1.54, 1.807) is 19.1 Å². The van der Waals surface area contributed by atoms with E-state index < -0.39 is 10.0 Å². The summed E-state index contributed by atoms with van der Waals surface area (Å²) in [7, 11) is -0.577. The van der Waals surface area contributed by atoms with Crippen molar-refractivity contribution < 1.29 is 22.7 Å². The lowest BCUT2D eigenvalue weighted by molar-refractivity contribution is 0.0728. The third-order valence-electron chi connectivity index (χ3n) is 5.26. The molecule has 0 radical (unpaired) electrons. The molecule has 30 heavy (non-hydrogen) atoms. The Balaban J connectivity index is 1.90. The summed E-state index contributed by atoms with van der Waals surface area (Å²) in [5.41, 5.74) is 1.10. The maximum atomic E-state index is 13.1. The molecule has 162 valence electrons. The van der Waals surface area contributed by atoms with Crippen LogP contribution in [0.5, 0.6) is 5.75 Å². The van der Waals surface area contributed by atoms with Crippen LogP contribution in [-0.4, -0.2) is 64.0 Å². The second kappa shape index (κ2) is 9.34. The highest BCUT2D eigenvalue weighted by Crippen LogP contribution is 2.31. The number of halogens is 1. The van der Waals surface area contributed by atoms with Gasteiger partial charge in [-0.25, -0.2) is 8.42 Å². The van der Waals surface area contributed by atoms with Crippen LogP contribution in [0.2, 0.25) is 5.02 Å². The van der Waals surface area contributed by atoms with Crippen LogP contribution in [0.25, 0.3) is 0 Å². The molecule has 0 aromatic heterocycles. The van der Waals surface area contributed by atoms with Gasteiger partial charge in [0, 0.05) is 31.3 Å². The fourth-order valence-corrected chi connectivity index (χ4v) is 5.27. The molecule has 0 bridgehead atoms. The first kappa shape index (κ1) is 22.6. The summed E-state index contributed by atoms with van der Waals surface area (Å²) in [5.74, 6) is 0.361. The number of sulfonamides is 1. The van der Waals surface area contributed by atoms with Gasteiger partial charge >= 0.3 is 0 Å². The van der Waals surface area contributed by atoms with Gasteiger partial charge in [-0.05, 0) is 31.2 Å². The van der Waals surface area contributed by atoms with E-state index in [0.29, 0.717) is 19.0 Å². The Morgan fingerprint density at radius 1 is 1.20 bits per heavy atom. The number of rotatable bonds is 6. The maximum absolute atomic E-state index is 13.1. The van der Waals surface area contributed by atoms with Crippen molar-refractivity contribution in [2.24, 2.45) is 0 Å². The third kappa shape index (κ3) is 4.46. The quantitative estimate of drug-likeness (QED) is 0.672. The Morgan fingerprint density at radius 3 is 2.53 bits per heavy atom. The minimum atomic E-state index is -3.83. The number of methoxy groups -OCH3 is 1. The van der Waals surface area contributed by atoms with Crippen LogP contribution in [0.3, 0.4) is 0 Å². The van der Waals surface area contributed by atoms with Crippen molar-refractivity contribution in [1.29, 1.82) is 0 Å². The van der Waals surface area contributed by atoms with Crippen molar-refractivity contribution in [1.82, 2.24) is 9.21 Å². The van der Waals surface area contributed by atoms with E-state index in [2.05, 4.69) is 0 Å². The van der Waals surface area contributed by atoms with Gasteiger partial charge in [0.05, 0.1) is 31.4 Å². The highest BCUT2D eigenvalue weighted by molar-refractivity contribution is 7.89. The number of ether oxygens (including phenoxy) is 2. The van der Waals surface area contributed by atoms with E-state index in [1.807, 2.05) is 31.2 Å². The van der Waals surface area contributed by atoms with Crippen LogP contribution in [0.4, 0.5) is 0 Å². The highest BCUT2D eigenvalue weighted by Gasteiger charge is 2.30. The van der Waals surface area contributed by atoms with Gasteiger partial charge < -0.3 is 14.4 Å². The molecule has 1 atom stereocenters. The molecule has 1 heterocycles. The lowest BCUT2D eigenvalue weighted by atomic mass is 10.0. The predicted molar refractivity (Wildman–Crippen MR) is 115 cm³/mol. The number of carbonyl (C=O) groups excluding carboxylic acids is 1. The van der Waals surface area contributed by atoms with Gasteiger partial charge in [-0.3, -0.25) is 4.79 Å². The second-order valence-corrected chi connectivity index (χ2v) is 9.31. The zero-order valence-electron chi connectivity index (χ0n) is 17.2. The fourth-order valence-electron chi connectivity index (χ4n) is 3.36. The number of amides is 1. The van der Waals surface area contributed by atoms with Gasteiger partial charge in [0.15, 0.2) is 0 Å². The number of hydrogen-bond acceptors (Lipinski definition) is 5. The van der Waals surface area contributed by atoms with Crippen LogP contribution in [0.15, 0.2) is 47.4 Å². The molecule has 0 aliphatic carbocycles. The molecule has 2 aromatic rings. The van der Waals surface area contributed by atoms with E-state index in [1.165, 1.54) is 22.5 Å². The first-order chi connectivity index (χ1) is 14.3. The topological polar surface area (TPSA) is 76.2 Å². The van der Waals surface area contributed by atoms with Crippen molar-refractivity contribution in [3.05, 3.63) is 58.6 Å². The Hall–Kier alpha value is -2.13. The molecule has 0 spiro atoms. The molecule has 0 unspecified atom stereocenters. The first-order valence-electron chi connectivity index (χ1n) is 9.55. The lowest BCUT2D eigenvalue weighted by Gasteiger charge is -2.28. The highest BCUT2D eigenvalue weighted by atomic mass is 35.5. The Morgan fingerprint density at radius 2 is 1.87 bits per heavy atom. The van der Waals surface area contributed by atoms with Gasteiger partial charge in [-0.2, -0.15) is 4.31 Å². The van der Waals surface area contributed by atoms with Gasteiger partial charge in [-0.1, -0.05) is 29.8 Å². The molecule has 2 aromatic carbocycles. The van der Waals surface area contributed by atoms with Crippen LogP contribution in [0.1, 0.15) is 28.9 Å². The molecule has 1 fully saturated rings. The molecular formula is C21H25ClN2O5S. The molecule has 3 rings (SSSR count). The van der Waals surface area contributed by atoms with Crippen LogP contribution < -0.4 is 4.74 Å². The summed E-state index contributed by atoms with van der Waals surface area (Å²) in [6.45, 7) is 3.05. The lowest BCUT2D eigenvalue weighted by Crippen LogP contribution is -2.40. The zero-order valence-corrected chi connectivity index (χ0v) is 18.7.